The molecule has 0 bridgehead atoms. The molecule has 3 aromatic rings. The predicted octanol–water partition coefficient (Wildman–Crippen LogP) is 5.43. The molecule has 0 aliphatic carbocycles. The molecule has 0 saturated carbocycles. The summed E-state index contributed by atoms with van der Waals surface area (Å²) in [6, 6.07) is 24.7. The van der Waals surface area contributed by atoms with Crippen LogP contribution in [0.25, 0.3) is 0 Å². The number of carbonyl (C=O) groups is 2. The maximum atomic E-state index is 16.2. The second-order valence-corrected chi connectivity index (χ2v) is 15.6. The van der Waals surface area contributed by atoms with Gasteiger partial charge >= 0.3 is 0 Å². The van der Waals surface area contributed by atoms with Crippen LogP contribution in [0.1, 0.15) is 30.0 Å². The summed E-state index contributed by atoms with van der Waals surface area (Å²) in [6.07, 6.45) is -0.898. The molecule has 1 N–H and O–H groups in total. The van der Waals surface area contributed by atoms with Crippen LogP contribution in [0.5, 0.6) is 5.75 Å². The van der Waals surface area contributed by atoms with Crippen molar-refractivity contribution < 1.29 is 28.3 Å². The molecule has 4 atom stereocenters. The van der Waals surface area contributed by atoms with Crippen LogP contribution in [0.15, 0.2) is 78.9 Å². The molecule has 1 saturated heterocycles. The number of aliphatic hydroxyl groups excluding tert-OH is 1. The van der Waals surface area contributed by atoms with Crippen molar-refractivity contribution in [2.24, 2.45) is 5.92 Å². The lowest BCUT2D eigenvalue weighted by molar-refractivity contribution is -0.150. The highest BCUT2D eigenvalue weighted by Crippen LogP contribution is 2.60. The Morgan fingerprint density at radius 3 is 2.31 bits per heavy atom. The van der Waals surface area contributed by atoms with Crippen LogP contribution in [0.2, 0.25) is 18.6 Å². The summed E-state index contributed by atoms with van der Waals surface area (Å²) in [7, 11) is -1.89. The lowest BCUT2D eigenvalue weighted by Gasteiger charge is -2.31. The van der Waals surface area contributed by atoms with E-state index in [-0.39, 0.29) is 31.4 Å². The van der Waals surface area contributed by atoms with Gasteiger partial charge in [0.15, 0.2) is 5.60 Å². The van der Waals surface area contributed by atoms with E-state index >= 15 is 4.11 Å². The Hall–Kier alpha value is -3.53. The van der Waals surface area contributed by atoms with Gasteiger partial charge in [0.25, 0.3) is 5.91 Å². The highest BCUT2D eigenvalue weighted by molar-refractivity contribution is 6.72. The van der Waals surface area contributed by atoms with Crippen molar-refractivity contribution in [3.8, 4) is 5.75 Å². The third kappa shape index (κ3) is 5.48. The zero-order chi connectivity index (χ0) is 30.1. The first-order valence-electron chi connectivity index (χ1n) is 14.4. The van der Waals surface area contributed by atoms with E-state index < -0.39 is 31.6 Å². The summed E-state index contributed by atoms with van der Waals surface area (Å²) in [5.74, 6) is -0.454. The van der Waals surface area contributed by atoms with E-state index in [9.17, 15) is 14.7 Å². The Morgan fingerprint density at radius 1 is 1.07 bits per heavy atom. The Bertz CT molecular complexity index is 1420. The summed E-state index contributed by atoms with van der Waals surface area (Å²) >= 11 is 0. The van der Waals surface area contributed by atoms with Crippen LogP contribution in [0, 0.1) is 5.92 Å². The van der Waals surface area contributed by atoms with E-state index in [1.165, 1.54) is 0 Å². The van der Waals surface area contributed by atoms with Crippen LogP contribution in [0.3, 0.4) is 0 Å². The minimum Gasteiger partial charge on any atom is -0.497 e. The highest BCUT2D eigenvalue weighted by Gasteiger charge is 2.67. The molecule has 2 aliphatic rings. The number of benzene rings is 3. The standard InChI is InChI=1S/C33H39FN2O5Si/c1-23-31(42(3,4)34)29(20-30(38)35(17-18-37)21-24-11-7-5-8-12-24)41-33(23)27-19-26(40-2)15-16-28(27)36(32(33)39)22-25-13-9-6-10-14-25/h5-16,19,23,29,31,37H,17-18,20-22H2,1-4H3/t23-,29+,31-,33+/m0/s1. The van der Waals surface area contributed by atoms with Gasteiger partial charge in [-0.25, -0.2) is 0 Å². The lowest BCUT2D eigenvalue weighted by Crippen LogP contribution is -2.45. The molecule has 0 aromatic heterocycles. The van der Waals surface area contributed by atoms with E-state index in [0.29, 0.717) is 30.1 Å². The Labute approximate surface area is 248 Å². The summed E-state index contributed by atoms with van der Waals surface area (Å²) < 4.78 is 28.5. The zero-order valence-electron chi connectivity index (χ0n) is 24.6. The summed E-state index contributed by atoms with van der Waals surface area (Å²) in [5, 5.41) is 9.72. The van der Waals surface area contributed by atoms with Gasteiger partial charge in [-0.1, -0.05) is 67.6 Å². The van der Waals surface area contributed by atoms with Gasteiger partial charge in [-0.05, 0) is 42.4 Å². The van der Waals surface area contributed by atoms with Crippen molar-refractivity contribution >= 4 is 25.9 Å². The first-order chi connectivity index (χ1) is 20.1. The van der Waals surface area contributed by atoms with Crippen LogP contribution >= 0.6 is 0 Å². The molecule has 1 fully saturated rings. The van der Waals surface area contributed by atoms with Crippen molar-refractivity contribution in [3.05, 3.63) is 95.6 Å². The monoisotopic (exact) mass is 590 g/mol. The number of carbonyl (C=O) groups excluding carboxylic acids is 2. The maximum Gasteiger partial charge on any atom is 0.264 e. The van der Waals surface area contributed by atoms with E-state index in [1.807, 2.05) is 85.8 Å². The van der Waals surface area contributed by atoms with Gasteiger partial charge in [-0.3, -0.25) is 9.59 Å². The summed E-state index contributed by atoms with van der Waals surface area (Å²) in [6.45, 7) is 5.73. The lowest BCUT2D eigenvalue weighted by atomic mass is 9.82. The number of nitrogens with zero attached hydrogens (tertiary/aromatic N) is 2. The number of anilines is 1. The largest absolute Gasteiger partial charge is 0.497 e. The molecule has 2 heterocycles. The average Bonchev–Trinajstić information content (AvgIpc) is 3.40. The van der Waals surface area contributed by atoms with Gasteiger partial charge in [0.2, 0.25) is 14.3 Å². The van der Waals surface area contributed by atoms with Gasteiger partial charge in [0, 0.05) is 30.1 Å². The third-order valence-electron chi connectivity index (χ3n) is 8.67. The van der Waals surface area contributed by atoms with Crippen LogP contribution in [-0.2, 0) is 33.0 Å². The van der Waals surface area contributed by atoms with Crippen molar-refractivity contribution in [3.63, 3.8) is 0 Å². The molecule has 2 aliphatic heterocycles. The number of halogens is 1. The van der Waals surface area contributed by atoms with Crippen LogP contribution < -0.4 is 9.64 Å². The molecule has 0 radical (unpaired) electrons. The van der Waals surface area contributed by atoms with Gasteiger partial charge in [0.05, 0.1) is 38.5 Å². The highest BCUT2D eigenvalue weighted by atomic mass is 28.4. The van der Waals surface area contributed by atoms with Crippen molar-refractivity contribution in [1.82, 2.24) is 4.90 Å². The number of ether oxygens (including phenoxy) is 2. The Kier molecular flexibility index (Phi) is 8.55. The molecular weight excluding hydrogens is 551 g/mol. The minimum atomic E-state index is -3.45. The summed E-state index contributed by atoms with van der Waals surface area (Å²) in [4.78, 5) is 31.5. The van der Waals surface area contributed by atoms with Crippen LogP contribution in [0.4, 0.5) is 9.80 Å². The first kappa shape index (κ1) is 29.9. The molecule has 9 heteroatoms. The molecule has 0 unspecified atom stereocenters. The second-order valence-electron chi connectivity index (χ2n) is 11.8. The molecule has 1 spiro atoms. The number of hydrogen-bond donors (Lipinski definition) is 1. The van der Waals surface area contributed by atoms with Gasteiger partial charge in [0.1, 0.15) is 5.75 Å². The summed E-state index contributed by atoms with van der Waals surface area (Å²) in [5.41, 5.74) is 1.16. The number of methoxy groups -OCH3 is 1. The topological polar surface area (TPSA) is 79.3 Å². The molecule has 2 amide bonds. The normalized spacial score (nSPS) is 23.3. The van der Waals surface area contributed by atoms with E-state index in [2.05, 4.69) is 0 Å². The van der Waals surface area contributed by atoms with E-state index in [0.717, 1.165) is 11.1 Å². The first-order valence-corrected chi connectivity index (χ1v) is 17.4. The fraction of sp³-hybridized carbons (Fsp3) is 0.394. The third-order valence-corrected chi connectivity index (χ3v) is 11.1. The fourth-order valence-corrected chi connectivity index (χ4v) is 9.29. The van der Waals surface area contributed by atoms with E-state index in [4.69, 9.17) is 9.47 Å². The maximum absolute atomic E-state index is 16.2. The van der Waals surface area contributed by atoms with E-state index in [1.54, 1.807) is 30.0 Å². The SMILES string of the molecule is COc1ccc2c(c1)[C@@]1(O[C@H](CC(=O)N(CCO)Cc3ccccc3)[C@@H]([Si](C)(C)F)[C@@H]1C)C(=O)N2Cc1ccccc1. The number of amides is 2. The Morgan fingerprint density at radius 2 is 1.71 bits per heavy atom. The van der Waals surface area contributed by atoms with Crippen molar-refractivity contribution in [2.75, 3.05) is 25.2 Å². The van der Waals surface area contributed by atoms with Crippen molar-refractivity contribution in [1.29, 1.82) is 0 Å². The van der Waals surface area contributed by atoms with Gasteiger partial charge < -0.3 is 28.5 Å². The molecular formula is C33H39FN2O5Si. The molecule has 3 aromatic carbocycles. The number of hydrogen-bond acceptors (Lipinski definition) is 5. The molecule has 5 rings (SSSR count). The second kappa shape index (κ2) is 12.0. The minimum absolute atomic E-state index is 0.0881. The van der Waals surface area contributed by atoms with Gasteiger partial charge in [-0.15, -0.1) is 0 Å². The fourth-order valence-electron chi connectivity index (χ4n) is 6.79. The smallest absolute Gasteiger partial charge is 0.264 e. The van der Waals surface area contributed by atoms with Crippen molar-refractivity contribution in [2.45, 2.75) is 56.8 Å². The average molecular weight is 591 g/mol. The molecule has 222 valence electrons. The number of fused-ring (bicyclic) bond motifs is 2. The van der Waals surface area contributed by atoms with Gasteiger partial charge in [-0.2, -0.15) is 0 Å². The number of rotatable bonds is 10. The van der Waals surface area contributed by atoms with Crippen LogP contribution in [-0.4, -0.2) is 56.6 Å². The molecule has 42 heavy (non-hydrogen) atoms. The molecule has 7 nitrogen and oxygen atoms in total. The quantitative estimate of drug-likeness (QED) is 0.252. The predicted molar refractivity (Wildman–Crippen MR) is 162 cm³/mol. The Balaban J connectivity index is 1.52. The number of aliphatic hydroxyl groups is 1. The zero-order valence-corrected chi connectivity index (χ0v) is 25.6.